The van der Waals surface area contributed by atoms with Gasteiger partial charge in [-0.1, -0.05) is 37.1 Å². The fraction of sp³-hybridized carbons (Fsp3) is 0.394. The first-order valence-electron chi connectivity index (χ1n) is 14.0. The Bertz CT molecular complexity index is 1260. The highest BCUT2D eigenvalue weighted by atomic mass is 19.1. The lowest BCUT2D eigenvalue weighted by molar-refractivity contribution is -0.138. The summed E-state index contributed by atoms with van der Waals surface area (Å²) in [4.78, 5) is 22.0. The van der Waals surface area contributed by atoms with Gasteiger partial charge in [0.1, 0.15) is 17.3 Å². The minimum absolute atomic E-state index is 0.00823. The molecule has 3 rings (SSSR count). The fourth-order valence-electron chi connectivity index (χ4n) is 4.67. The Balaban J connectivity index is 1.49. The number of aliphatic carboxylic acids is 2. The molecule has 0 bridgehead atoms. The third-order valence-corrected chi connectivity index (χ3v) is 6.68. The molecule has 0 aliphatic rings. The van der Waals surface area contributed by atoms with E-state index in [-0.39, 0.29) is 25.3 Å². The van der Waals surface area contributed by atoms with Crippen LogP contribution in [0.5, 0.6) is 11.5 Å². The molecule has 0 unspecified atom stereocenters. The third-order valence-electron chi connectivity index (χ3n) is 6.68. The Morgan fingerprint density at radius 1 is 0.756 bits per heavy atom. The summed E-state index contributed by atoms with van der Waals surface area (Å²) in [6, 6.07) is 18.1. The summed E-state index contributed by atoms with van der Waals surface area (Å²) in [5, 5.41) is 18.0. The smallest absolute Gasteiger partial charge is 0.303 e. The van der Waals surface area contributed by atoms with Crippen molar-refractivity contribution < 1.29 is 38.4 Å². The Kier molecular flexibility index (Phi) is 13.1. The van der Waals surface area contributed by atoms with Gasteiger partial charge >= 0.3 is 11.9 Å². The standard InChI is InChI=1S/C33H39FO7/c1-39-23-24-20-27(25-12-14-28(34)15-13-25)22-29(21-24)40-18-5-3-2-4-8-26-9-6-10-31(30(26)16-17-33(37)38)41-19-7-11-32(35)36/h6,9-10,12-15,20-22H,2-5,7-8,11,16-19,23H2,1H3,(H,35,36)(H,37,38). The summed E-state index contributed by atoms with van der Waals surface area (Å²) < 4.78 is 30.6. The summed E-state index contributed by atoms with van der Waals surface area (Å²) in [6.07, 6.45) is 5.42. The topological polar surface area (TPSA) is 102 Å². The number of ether oxygens (including phenoxy) is 3. The van der Waals surface area contributed by atoms with Gasteiger partial charge in [-0.15, -0.1) is 0 Å². The second-order valence-electron chi connectivity index (χ2n) is 9.95. The van der Waals surface area contributed by atoms with E-state index < -0.39 is 11.9 Å². The van der Waals surface area contributed by atoms with Crippen LogP contribution < -0.4 is 9.47 Å². The molecule has 2 N–H and O–H groups in total. The molecule has 0 aliphatic carbocycles. The minimum Gasteiger partial charge on any atom is -0.494 e. The first-order valence-corrected chi connectivity index (χ1v) is 14.0. The number of unbranched alkanes of at least 4 members (excludes halogenated alkanes) is 3. The molecule has 0 saturated heterocycles. The Labute approximate surface area is 240 Å². The van der Waals surface area contributed by atoms with E-state index in [1.54, 1.807) is 19.2 Å². The summed E-state index contributed by atoms with van der Waals surface area (Å²) in [5.74, 6) is -0.619. The maximum absolute atomic E-state index is 13.4. The number of aryl methyl sites for hydroxylation is 1. The zero-order valence-electron chi connectivity index (χ0n) is 23.6. The van der Waals surface area contributed by atoms with E-state index >= 15 is 0 Å². The predicted molar refractivity (Wildman–Crippen MR) is 155 cm³/mol. The molecular formula is C33H39FO7. The van der Waals surface area contributed by atoms with Gasteiger partial charge in [-0.2, -0.15) is 0 Å². The van der Waals surface area contributed by atoms with Crippen LogP contribution in [0.25, 0.3) is 11.1 Å². The highest BCUT2D eigenvalue weighted by molar-refractivity contribution is 5.68. The van der Waals surface area contributed by atoms with E-state index in [1.807, 2.05) is 36.4 Å². The number of halogens is 1. The molecule has 0 spiro atoms. The number of carboxylic acids is 2. The lowest BCUT2D eigenvalue weighted by Gasteiger charge is -2.15. The van der Waals surface area contributed by atoms with Crippen LogP contribution in [0.3, 0.4) is 0 Å². The van der Waals surface area contributed by atoms with Gasteiger partial charge < -0.3 is 24.4 Å². The highest BCUT2D eigenvalue weighted by Gasteiger charge is 2.12. The van der Waals surface area contributed by atoms with Crippen LogP contribution in [0.1, 0.15) is 61.6 Å². The van der Waals surface area contributed by atoms with Crippen LogP contribution in [0.4, 0.5) is 4.39 Å². The molecule has 0 aliphatic heterocycles. The number of hydrogen-bond acceptors (Lipinski definition) is 5. The molecule has 0 aromatic heterocycles. The maximum atomic E-state index is 13.4. The van der Waals surface area contributed by atoms with Crippen LogP contribution >= 0.6 is 0 Å². The van der Waals surface area contributed by atoms with Gasteiger partial charge in [0, 0.05) is 20.0 Å². The van der Waals surface area contributed by atoms with Crippen molar-refractivity contribution in [3.63, 3.8) is 0 Å². The second-order valence-corrected chi connectivity index (χ2v) is 9.95. The number of rotatable bonds is 19. The van der Waals surface area contributed by atoms with Gasteiger partial charge in [0.25, 0.3) is 0 Å². The molecule has 0 saturated carbocycles. The lowest BCUT2D eigenvalue weighted by atomic mass is 9.97. The van der Waals surface area contributed by atoms with E-state index in [4.69, 9.17) is 19.3 Å². The van der Waals surface area contributed by atoms with E-state index in [0.717, 1.165) is 65.7 Å². The van der Waals surface area contributed by atoms with E-state index in [9.17, 15) is 19.1 Å². The van der Waals surface area contributed by atoms with Crippen LogP contribution in [0.15, 0.2) is 60.7 Å². The average molecular weight is 567 g/mol. The van der Waals surface area contributed by atoms with Gasteiger partial charge in [-0.3, -0.25) is 9.59 Å². The summed E-state index contributed by atoms with van der Waals surface area (Å²) in [6.45, 7) is 1.30. The number of carboxylic acid groups (broad SMARTS) is 2. The zero-order chi connectivity index (χ0) is 29.5. The van der Waals surface area contributed by atoms with Crippen molar-refractivity contribution in [3.8, 4) is 22.6 Å². The number of benzene rings is 3. The Morgan fingerprint density at radius 3 is 2.22 bits per heavy atom. The zero-order valence-corrected chi connectivity index (χ0v) is 23.6. The minimum atomic E-state index is -0.867. The van der Waals surface area contributed by atoms with Crippen LogP contribution in [0.2, 0.25) is 0 Å². The molecule has 0 atom stereocenters. The van der Waals surface area contributed by atoms with Gasteiger partial charge in [0.2, 0.25) is 0 Å². The average Bonchev–Trinajstić information content (AvgIpc) is 2.94. The van der Waals surface area contributed by atoms with Crippen molar-refractivity contribution in [2.45, 2.75) is 64.4 Å². The van der Waals surface area contributed by atoms with E-state index in [1.165, 1.54) is 12.1 Å². The van der Waals surface area contributed by atoms with E-state index in [2.05, 4.69) is 0 Å². The molecular weight excluding hydrogens is 527 g/mol. The fourth-order valence-corrected chi connectivity index (χ4v) is 4.67. The van der Waals surface area contributed by atoms with Crippen molar-refractivity contribution in [1.82, 2.24) is 0 Å². The van der Waals surface area contributed by atoms with E-state index in [0.29, 0.717) is 31.8 Å². The predicted octanol–water partition coefficient (Wildman–Crippen LogP) is 7.08. The number of methoxy groups -OCH3 is 1. The monoisotopic (exact) mass is 566 g/mol. The molecule has 3 aromatic rings. The Morgan fingerprint density at radius 2 is 1.49 bits per heavy atom. The van der Waals surface area contributed by atoms with Gasteiger partial charge in [-0.05, 0) is 96.3 Å². The molecule has 3 aromatic carbocycles. The highest BCUT2D eigenvalue weighted by Crippen LogP contribution is 2.28. The normalized spacial score (nSPS) is 10.9. The molecule has 41 heavy (non-hydrogen) atoms. The van der Waals surface area contributed by atoms with Crippen molar-refractivity contribution in [3.05, 3.63) is 83.2 Å². The van der Waals surface area contributed by atoms with Gasteiger partial charge in [0.15, 0.2) is 0 Å². The van der Waals surface area contributed by atoms with Crippen molar-refractivity contribution in [2.24, 2.45) is 0 Å². The summed E-state index contributed by atoms with van der Waals surface area (Å²) in [7, 11) is 1.64. The van der Waals surface area contributed by atoms with Crippen molar-refractivity contribution >= 4 is 11.9 Å². The van der Waals surface area contributed by atoms with Gasteiger partial charge in [0.05, 0.1) is 19.8 Å². The van der Waals surface area contributed by atoms with Crippen molar-refractivity contribution in [2.75, 3.05) is 20.3 Å². The molecule has 7 nitrogen and oxygen atoms in total. The van der Waals surface area contributed by atoms with Crippen LogP contribution in [0, 0.1) is 5.82 Å². The first kappa shape index (κ1) is 31.6. The largest absolute Gasteiger partial charge is 0.494 e. The quantitative estimate of drug-likeness (QED) is 0.149. The Hall–Kier alpha value is -3.91. The lowest BCUT2D eigenvalue weighted by Crippen LogP contribution is -2.07. The molecule has 220 valence electrons. The first-order chi connectivity index (χ1) is 19.9. The SMILES string of the molecule is COCc1cc(OCCCCCCc2cccc(OCCCC(=O)O)c2CCC(=O)O)cc(-c2ccc(F)cc2)c1. The van der Waals surface area contributed by atoms with Gasteiger partial charge in [-0.25, -0.2) is 4.39 Å². The molecule has 0 fully saturated rings. The number of hydrogen-bond donors (Lipinski definition) is 2. The third kappa shape index (κ3) is 11.2. The van der Waals surface area contributed by atoms with Crippen molar-refractivity contribution in [1.29, 1.82) is 0 Å². The second kappa shape index (κ2) is 17.0. The molecule has 8 heteroatoms. The summed E-state index contributed by atoms with van der Waals surface area (Å²) in [5.41, 5.74) is 4.80. The van der Waals surface area contributed by atoms with Crippen LogP contribution in [-0.2, 0) is 33.8 Å². The summed E-state index contributed by atoms with van der Waals surface area (Å²) >= 11 is 0. The van der Waals surface area contributed by atoms with Crippen LogP contribution in [-0.4, -0.2) is 42.5 Å². The molecule has 0 radical (unpaired) electrons. The number of carbonyl (C=O) groups is 2. The molecule has 0 amide bonds. The molecule has 0 heterocycles. The maximum Gasteiger partial charge on any atom is 0.303 e.